The van der Waals surface area contributed by atoms with Gasteiger partial charge < -0.3 is 4.90 Å². The standard InChI is InChI=1S/C36H29F3N4O2S/c1-20-3-10-24(11-4-20)43(25-12-5-21(2)6-13-25)26-14-7-22(8-15-26)27-17-18-30(33-31(27)41-46-42-33)40-32-28-16-9-23(36(37,38)39)19-29(28)34(44)35(32)45/h3-8,10-15,17-18,23,28-29H,9,16,19H2,1-2H3. The van der Waals surface area contributed by atoms with Crippen molar-refractivity contribution in [2.45, 2.75) is 39.3 Å². The van der Waals surface area contributed by atoms with Crippen molar-refractivity contribution in [2.24, 2.45) is 22.7 Å². The van der Waals surface area contributed by atoms with E-state index in [9.17, 15) is 22.8 Å². The number of Topliss-reactive ketones (excluding diaryl/α,β-unsaturated/α-hetero) is 2. The number of aromatic nitrogens is 2. The summed E-state index contributed by atoms with van der Waals surface area (Å²) in [5, 5.41) is 0. The fraction of sp³-hybridized carbons (Fsp3) is 0.250. The van der Waals surface area contributed by atoms with Gasteiger partial charge in [0.15, 0.2) is 0 Å². The normalized spacial score (nSPS) is 20.8. The zero-order valence-electron chi connectivity index (χ0n) is 25.1. The van der Waals surface area contributed by atoms with Crippen molar-refractivity contribution in [3.63, 3.8) is 0 Å². The molecule has 7 rings (SSSR count). The van der Waals surface area contributed by atoms with Crippen molar-refractivity contribution in [3.8, 4) is 11.1 Å². The highest BCUT2D eigenvalue weighted by molar-refractivity contribution is 7.00. The smallest absolute Gasteiger partial charge is 0.311 e. The lowest BCUT2D eigenvalue weighted by Gasteiger charge is -2.31. The highest BCUT2D eigenvalue weighted by atomic mass is 32.1. The third-order valence-corrected chi connectivity index (χ3v) is 9.64. The van der Waals surface area contributed by atoms with Crippen LogP contribution in [-0.4, -0.2) is 32.2 Å². The number of carbonyl (C=O) groups is 2. The number of ketones is 2. The van der Waals surface area contributed by atoms with E-state index in [1.165, 1.54) is 11.1 Å². The van der Waals surface area contributed by atoms with Gasteiger partial charge in [-0.25, -0.2) is 4.99 Å². The quantitative estimate of drug-likeness (QED) is 0.179. The Morgan fingerprint density at radius 3 is 1.89 bits per heavy atom. The summed E-state index contributed by atoms with van der Waals surface area (Å²) in [6.45, 7) is 4.12. The van der Waals surface area contributed by atoms with Crippen molar-refractivity contribution in [1.82, 2.24) is 8.75 Å². The van der Waals surface area contributed by atoms with Gasteiger partial charge in [-0.2, -0.15) is 21.9 Å². The third kappa shape index (κ3) is 5.40. The Morgan fingerprint density at radius 2 is 1.30 bits per heavy atom. The molecule has 5 aromatic rings. The molecule has 2 fully saturated rings. The zero-order chi connectivity index (χ0) is 32.2. The van der Waals surface area contributed by atoms with E-state index in [4.69, 9.17) is 0 Å². The molecule has 0 spiro atoms. The van der Waals surface area contributed by atoms with Crippen LogP contribution in [0.25, 0.3) is 22.2 Å². The van der Waals surface area contributed by atoms with Crippen LogP contribution in [0, 0.1) is 31.6 Å². The highest BCUT2D eigenvalue weighted by Crippen LogP contribution is 2.47. The molecule has 0 N–H and O–H groups in total. The maximum atomic E-state index is 13.4. The fourth-order valence-corrected chi connectivity index (χ4v) is 7.18. The molecule has 46 heavy (non-hydrogen) atoms. The number of nitrogens with zero attached hydrogens (tertiary/aromatic N) is 4. The van der Waals surface area contributed by atoms with E-state index in [2.05, 4.69) is 93.2 Å². The zero-order valence-corrected chi connectivity index (χ0v) is 25.9. The second kappa shape index (κ2) is 11.6. The van der Waals surface area contributed by atoms with E-state index in [1.807, 2.05) is 18.2 Å². The maximum absolute atomic E-state index is 13.4. The van der Waals surface area contributed by atoms with Crippen molar-refractivity contribution >= 4 is 62.8 Å². The minimum atomic E-state index is -4.39. The lowest BCUT2D eigenvalue weighted by atomic mass is 9.75. The average Bonchev–Trinajstić information content (AvgIpc) is 3.63. The first kappa shape index (κ1) is 30.0. The van der Waals surface area contributed by atoms with Crippen LogP contribution in [0.2, 0.25) is 0 Å². The summed E-state index contributed by atoms with van der Waals surface area (Å²) in [4.78, 5) is 32.4. The number of hydrogen-bond acceptors (Lipinski definition) is 7. The van der Waals surface area contributed by atoms with Gasteiger partial charge in [0.2, 0.25) is 11.6 Å². The average molecular weight is 639 g/mol. The Kier molecular flexibility index (Phi) is 7.55. The van der Waals surface area contributed by atoms with Gasteiger partial charge in [0.25, 0.3) is 0 Å². The Morgan fingerprint density at radius 1 is 0.739 bits per heavy atom. The number of hydrogen-bond donors (Lipinski definition) is 0. The van der Waals surface area contributed by atoms with E-state index >= 15 is 0 Å². The Bertz CT molecular complexity index is 1940. The molecule has 2 saturated carbocycles. The summed E-state index contributed by atoms with van der Waals surface area (Å²) in [6, 6.07) is 28.5. The van der Waals surface area contributed by atoms with E-state index in [1.54, 1.807) is 6.07 Å². The van der Waals surface area contributed by atoms with Crippen LogP contribution in [0.4, 0.5) is 35.9 Å². The summed E-state index contributed by atoms with van der Waals surface area (Å²) in [7, 11) is 0. The molecule has 0 saturated heterocycles. The Balaban J connectivity index is 1.21. The van der Waals surface area contributed by atoms with E-state index in [0.29, 0.717) is 16.7 Å². The van der Waals surface area contributed by atoms with E-state index < -0.39 is 35.5 Å². The number of aryl methyl sites for hydroxylation is 2. The molecule has 3 unspecified atom stereocenters. The molecular formula is C36H29F3N4O2S. The number of alkyl halides is 3. The van der Waals surface area contributed by atoms with Crippen molar-refractivity contribution in [2.75, 3.05) is 4.90 Å². The molecule has 2 aliphatic carbocycles. The number of carbonyl (C=O) groups excluding carboxylic acids is 2. The molecular weight excluding hydrogens is 609 g/mol. The Hall–Kier alpha value is -4.70. The SMILES string of the molecule is Cc1ccc(N(c2ccc(C)cc2)c2ccc(-c3ccc(N=C4C(=O)C(=O)C5CC(C(F)(F)F)CCC45)c4nsnc34)cc2)cc1. The molecule has 10 heteroatoms. The van der Waals surface area contributed by atoms with Crippen molar-refractivity contribution < 1.29 is 22.8 Å². The second-order valence-corrected chi connectivity index (χ2v) is 12.6. The summed E-state index contributed by atoms with van der Waals surface area (Å²) in [6.07, 6.45) is -4.79. The van der Waals surface area contributed by atoms with Gasteiger partial charge in [-0.15, -0.1) is 0 Å². The first-order valence-corrected chi connectivity index (χ1v) is 15.8. The third-order valence-electron chi connectivity index (χ3n) is 9.11. The lowest BCUT2D eigenvalue weighted by Crippen LogP contribution is -2.34. The topological polar surface area (TPSA) is 75.5 Å². The van der Waals surface area contributed by atoms with Gasteiger partial charge in [-0.3, -0.25) is 9.59 Å². The van der Waals surface area contributed by atoms with Crippen LogP contribution in [-0.2, 0) is 9.59 Å². The maximum Gasteiger partial charge on any atom is 0.391 e. The minimum Gasteiger partial charge on any atom is -0.311 e. The summed E-state index contributed by atoms with van der Waals surface area (Å²) in [5.74, 6) is -4.73. The van der Waals surface area contributed by atoms with Gasteiger partial charge in [-0.1, -0.05) is 47.5 Å². The highest BCUT2D eigenvalue weighted by Gasteiger charge is 2.54. The summed E-state index contributed by atoms with van der Waals surface area (Å²) >= 11 is 1.01. The minimum absolute atomic E-state index is 0.0364. The van der Waals surface area contributed by atoms with Gasteiger partial charge >= 0.3 is 6.18 Å². The van der Waals surface area contributed by atoms with Crippen LogP contribution < -0.4 is 4.90 Å². The predicted octanol–water partition coefficient (Wildman–Crippen LogP) is 9.26. The predicted molar refractivity (Wildman–Crippen MR) is 174 cm³/mol. The molecule has 232 valence electrons. The van der Waals surface area contributed by atoms with Gasteiger partial charge in [0.05, 0.1) is 29.0 Å². The molecule has 0 radical (unpaired) electrons. The van der Waals surface area contributed by atoms with Gasteiger partial charge in [0, 0.05) is 34.5 Å². The lowest BCUT2D eigenvalue weighted by molar-refractivity contribution is -0.187. The largest absolute Gasteiger partial charge is 0.391 e. The molecule has 4 aromatic carbocycles. The van der Waals surface area contributed by atoms with Crippen LogP contribution in [0.1, 0.15) is 30.4 Å². The number of rotatable bonds is 5. The molecule has 0 amide bonds. The van der Waals surface area contributed by atoms with Crippen LogP contribution in [0.15, 0.2) is 89.9 Å². The molecule has 2 aliphatic rings. The van der Waals surface area contributed by atoms with E-state index in [-0.39, 0.29) is 25.0 Å². The molecule has 0 bridgehead atoms. The molecule has 6 nitrogen and oxygen atoms in total. The van der Waals surface area contributed by atoms with Crippen LogP contribution >= 0.6 is 11.7 Å². The molecule has 3 atom stereocenters. The number of aliphatic imine (C=N–C) groups is 1. The monoisotopic (exact) mass is 638 g/mol. The molecule has 1 aromatic heterocycles. The molecule has 0 aliphatic heterocycles. The summed E-state index contributed by atoms with van der Waals surface area (Å²) in [5.41, 5.74) is 8.63. The fourth-order valence-electron chi connectivity index (χ4n) is 6.61. The number of halogens is 3. The second-order valence-electron chi connectivity index (χ2n) is 12.1. The van der Waals surface area contributed by atoms with Crippen molar-refractivity contribution in [3.05, 3.63) is 96.1 Å². The first-order chi connectivity index (χ1) is 22.1. The van der Waals surface area contributed by atoms with E-state index in [0.717, 1.165) is 39.9 Å². The molecule has 1 heterocycles. The van der Waals surface area contributed by atoms with Crippen LogP contribution in [0.3, 0.4) is 0 Å². The number of benzene rings is 4. The Labute approximate surface area is 267 Å². The van der Waals surface area contributed by atoms with Gasteiger partial charge in [-0.05, 0) is 87.2 Å². The van der Waals surface area contributed by atoms with Crippen LogP contribution in [0.5, 0.6) is 0 Å². The number of anilines is 3. The van der Waals surface area contributed by atoms with Gasteiger partial charge in [0.1, 0.15) is 11.0 Å². The van der Waals surface area contributed by atoms with Crippen molar-refractivity contribution in [1.29, 1.82) is 0 Å². The number of fused-ring (bicyclic) bond motifs is 2. The first-order valence-electron chi connectivity index (χ1n) is 15.1. The summed E-state index contributed by atoms with van der Waals surface area (Å²) < 4.78 is 49.1.